The molecule has 0 heterocycles. The number of nitrogens with one attached hydrogen (secondary N) is 1. The SMILES string of the molecule is COc1ccc(CN(C2CC2)[C@@H](C)C(=O)Nc2ccc(Br)cc2)cc1. The molecule has 1 aliphatic carbocycles. The van der Waals surface area contributed by atoms with Crippen LogP contribution in [0, 0.1) is 0 Å². The van der Waals surface area contributed by atoms with Crippen molar-refractivity contribution < 1.29 is 9.53 Å². The normalized spacial score (nSPS) is 15.0. The Morgan fingerprint density at radius 3 is 2.40 bits per heavy atom. The van der Waals surface area contributed by atoms with Gasteiger partial charge < -0.3 is 10.1 Å². The van der Waals surface area contributed by atoms with E-state index >= 15 is 0 Å². The van der Waals surface area contributed by atoms with E-state index in [9.17, 15) is 4.79 Å². The fraction of sp³-hybridized carbons (Fsp3) is 0.350. The van der Waals surface area contributed by atoms with Gasteiger partial charge >= 0.3 is 0 Å². The summed E-state index contributed by atoms with van der Waals surface area (Å²) in [6.45, 7) is 2.75. The van der Waals surface area contributed by atoms with Gasteiger partial charge in [-0.3, -0.25) is 9.69 Å². The van der Waals surface area contributed by atoms with E-state index in [-0.39, 0.29) is 11.9 Å². The van der Waals surface area contributed by atoms with Crippen LogP contribution in [0.1, 0.15) is 25.3 Å². The number of rotatable bonds is 7. The minimum Gasteiger partial charge on any atom is -0.497 e. The summed E-state index contributed by atoms with van der Waals surface area (Å²) in [6, 6.07) is 16.0. The molecule has 0 spiro atoms. The highest BCUT2D eigenvalue weighted by atomic mass is 79.9. The third-order valence-corrected chi connectivity index (χ3v) is 5.06. The van der Waals surface area contributed by atoms with Gasteiger partial charge in [-0.05, 0) is 61.7 Å². The first-order chi connectivity index (χ1) is 12.1. The van der Waals surface area contributed by atoms with E-state index in [1.165, 1.54) is 5.56 Å². The van der Waals surface area contributed by atoms with Gasteiger partial charge in [0.25, 0.3) is 0 Å². The number of anilines is 1. The van der Waals surface area contributed by atoms with Crippen LogP contribution in [0.4, 0.5) is 5.69 Å². The van der Waals surface area contributed by atoms with Crippen molar-refractivity contribution in [3.8, 4) is 5.75 Å². The zero-order valence-electron chi connectivity index (χ0n) is 14.5. The number of nitrogens with zero attached hydrogens (tertiary/aromatic N) is 1. The van der Waals surface area contributed by atoms with Crippen molar-refractivity contribution in [1.82, 2.24) is 4.90 Å². The van der Waals surface area contributed by atoms with Crippen LogP contribution in [-0.4, -0.2) is 30.0 Å². The van der Waals surface area contributed by atoms with Gasteiger partial charge in [-0.15, -0.1) is 0 Å². The Kier molecular flexibility index (Phi) is 5.76. The minimum atomic E-state index is -0.182. The molecule has 2 aromatic carbocycles. The number of halogens is 1. The molecule has 0 bridgehead atoms. The predicted octanol–water partition coefficient (Wildman–Crippen LogP) is 4.45. The predicted molar refractivity (Wildman–Crippen MR) is 104 cm³/mol. The maximum absolute atomic E-state index is 12.7. The molecule has 1 aliphatic rings. The summed E-state index contributed by atoms with van der Waals surface area (Å²) in [5.74, 6) is 0.880. The number of carbonyl (C=O) groups excluding carboxylic acids is 1. The van der Waals surface area contributed by atoms with Crippen LogP contribution in [0.3, 0.4) is 0 Å². The van der Waals surface area contributed by atoms with E-state index in [0.717, 1.165) is 35.3 Å². The number of amides is 1. The van der Waals surface area contributed by atoms with E-state index < -0.39 is 0 Å². The average molecular weight is 403 g/mol. The number of benzene rings is 2. The summed E-state index contributed by atoms with van der Waals surface area (Å²) in [5.41, 5.74) is 2.01. The first-order valence-corrected chi connectivity index (χ1v) is 9.31. The second-order valence-corrected chi connectivity index (χ2v) is 7.34. The van der Waals surface area contributed by atoms with Crippen LogP contribution in [-0.2, 0) is 11.3 Å². The van der Waals surface area contributed by atoms with E-state index in [2.05, 4.69) is 38.3 Å². The monoisotopic (exact) mass is 402 g/mol. The van der Waals surface area contributed by atoms with Crippen molar-refractivity contribution in [2.45, 2.75) is 38.4 Å². The second kappa shape index (κ2) is 8.02. The molecule has 132 valence electrons. The zero-order valence-corrected chi connectivity index (χ0v) is 16.1. The molecule has 0 radical (unpaired) electrons. The molecule has 0 unspecified atom stereocenters. The fourth-order valence-corrected chi connectivity index (χ4v) is 3.13. The summed E-state index contributed by atoms with van der Waals surface area (Å²) in [7, 11) is 1.67. The van der Waals surface area contributed by atoms with Crippen LogP contribution in [0.25, 0.3) is 0 Å². The molecule has 0 aliphatic heterocycles. The molecular weight excluding hydrogens is 380 g/mol. The maximum atomic E-state index is 12.7. The van der Waals surface area contributed by atoms with Crippen LogP contribution < -0.4 is 10.1 Å². The van der Waals surface area contributed by atoms with E-state index in [4.69, 9.17) is 4.74 Å². The largest absolute Gasteiger partial charge is 0.497 e. The zero-order chi connectivity index (χ0) is 17.8. The average Bonchev–Trinajstić information content (AvgIpc) is 3.46. The lowest BCUT2D eigenvalue weighted by Gasteiger charge is -2.28. The molecule has 1 N–H and O–H groups in total. The molecule has 5 heteroatoms. The van der Waals surface area contributed by atoms with Crippen molar-refractivity contribution in [2.24, 2.45) is 0 Å². The highest BCUT2D eigenvalue weighted by Gasteiger charge is 2.35. The Hall–Kier alpha value is -1.85. The lowest BCUT2D eigenvalue weighted by molar-refractivity contribution is -0.121. The molecule has 2 aromatic rings. The standard InChI is InChI=1S/C20H23BrN2O2/c1-14(20(24)22-17-7-5-16(21)6-8-17)23(18-9-10-18)13-15-3-11-19(25-2)12-4-15/h3-8,11-12,14,18H,9-10,13H2,1-2H3,(H,22,24)/t14-/m0/s1. The first-order valence-electron chi connectivity index (χ1n) is 8.52. The molecule has 1 atom stereocenters. The Morgan fingerprint density at radius 2 is 1.84 bits per heavy atom. The summed E-state index contributed by atoms with van der Waals surface area (Å²) in [5, 5.41) is 3.01. The molecule has 1 amide bonds. The Balaban J connectivity index is 1.66. The van der Waals surface area contributed by atoms with Crippen molar-refractivity contribution in [1.29, 1.82) is 0 Å². The van der Waals surface area contributed by atoms with E-state index in [0.29, 0.717) is 6.04 Å². The number of hydrogen-bond donors (Lipinski definition) is 1. The highest BCUT2D eigenvalue weighted by Crippen LogP contribution is 2.31. The van der Waals surface area contributed by atoms with E-state index in [1.54, 1.807) is 7.11 Å². The lowest BCUT2D eigenvalue weighted by atomic mass is 10.1. The van der Waals surface area contributed by atoms with Crippen LogP contribution >= 0.6 is 15.9 Å². The van der Waals surface area contributed by atoms with Gasteiger partial charge in [0.05, 0.1) is 13.2 Å². The summed E-state index contributed by atoms with van der Waals surface area (Å²) < 4.78 is 6.21. The minimum absolute atomic E-state index is 0.0303. The molecule has 4 nitrogen and oxygen atoms in total. The third kappa shape index (κ3) is 4.83. The van der Waals surface area contributed by atoms with Gasteiger partial charge in [-0.25, -0.2) is 0 Å². The molecular formula is C20H23BrN2O2. The highest BCUT2D eigenvalue weighted by molar-refractivity contribution is 9.10. The second-order valence-electron chi connectivity index (χ2n) is 6.42. The van der Waals surface area contributed by atoms with E-state index in [1.807, 2.05) is 43.3 Å². The number of carbonyl (C=O) groups is 1. The van der Waals surface area contributed by atoms with Crippen LogP contribution in [0.15, 0.2) is 53.0 Å². The molecule has 25 heavy (non-hydrogen) atoms. The Morgan fingerprint density at radius 1 is 1.20 bits per heavy atom. The Bertz CT molecular complexity index is 711. The molecule has 1 saturated carbocycles. The Labute approximate surface area is 157 Å². The lowest BCUT2D eigenvalue weighted by Crippen LogP contribution is -2.42. The van der Waals surface area contributed by atoms with Gasteiger partial charge in [-0.1, -0.05) is 28.1 Å². The third-order valence-electron chi connectivity index (χ3n) is 4.53. The first kappa shape index (κ1) is 18.0. The fourth-order valence-electron chi connectivity index (χ4n) is 2.86. The maximum Gasteiger partial charge on any atom is 0.241 e. The van der Waals surface area contributed by atoms with Gasteiger partial charge in [-0.2, -0.15) is 0 Å². The quantitative estimate of drug-likeness (QED) is 0.743. The van der Waals surface area contributed by atoms with Crippen molar-refractivity contribution in [2.75, 3.05) is 12.4 Å². The topological polar surface area (TPSA) is 41.6 Å². The van der Waals surface area contributed by atoms with Gasteiger partial charge in [0, 0.05) is 22.7 Å². The molecule has 3 rings (SSSR count). The van der Waals surface area contributed by atoms with Crippen molar-refractivity contribution in [3.63, 3.8) is 0 Å². The van der Waals surface area contributed by atoms with Crippen molar-refractivity contribution in [3.05, 3.63) is 58.6 Å². The van der Waals surface area contributed by atoms with Crippen molar-refractivity contribution >= 4 is 27.5 Å². The molecule has 1 fully saturated rings. The summed E-state index contributed by atoms with van der Waals surface area (Å²) >= 11 is 3.41. The van der Waals surface area contributed by atoms with Gasteiger partial charge in [0.15, 0.2) is 0 Å². The number of ether oxygens (including phenoxy) is 1. The number of methoxy groups -OCH3 is 1. The summed E-state index contributed by atoms with van der Waals surface area (Å²) in [6.07, 6.45) is 2.32. The van der Waals surface area contributed by atoms with Crippen LogP contribution in [0.2, 0.25) is 0 Å². The number of hydrogen-bond acceptors (Lipinski definition) is 3. The molecule has 0 aromatic heterocycles. The summed E-state index contributed by atoms with van der Waals surface area (Å²) in [4.78, 5) is 15.0. The van der Waals surface area contributed by atoms with Gasteiger partial charge in [0.1, 0.15) is 5.75 Å². The smallest absolute Gasteiger partial charge is 0.241 e. The van der Waals surface area contributed by atoms with Crippen LogP contribution in [0.5, 0.6) is 5.75 Å². The molecule has 0 saturated heterocycles. The van der Waals surface area contributed by atoms with Gasteiger partial charge in [0.2, 0.25) is 5.91 Å².